The molecule has 3 nitrogen and oxygen atoms in total. The van der Waals surface area contributed by atoms with E-state index < -0.39 is 0 Å². The number of carbonyl (C=O) groups is 1. The molecule has 0 spiro atoms. The average molecular weight is 246 g/mol. The van der Waals surface area contributed by atoms with E-state index in [9.17, 15) is 4.79 Å². The molecule has 0 aliphatic heterocycles. The summed E-state index contributed by atoms with van der Waals surface area (Å²) >= 11 is 0. The molecule has 0 radical (unpaired) electrons. The van der Waals surface area contributed by atoms with Crippen LogP contribution in [0.2, 0.25) is 0 Å². The number of nitrogens with one attached hydrogen (secondary N) is 2. The SMILES string of the molecule is CCC(=O)Nc1ccc([C@H](C)NCC2CC2)cc1. The molecule has 1 aromatic rings. The summed E-state index contributed by atoms with van der Waals surface area (Å²) in [6.45, 7) is 5.16. The molecule has 1 amide bonds. The number of rotatable bonds is 6. The zero-order chi connectivity index (χ0) is 13.0. The second-order valence-corrected chi connectivity index (χ2v) is 5.10. The van der Waals surface area contributed by atoms with Crippen LogP contribution in [0.15, 0.2) is 24.3 Å². The summed E-state index contributed by atoms with van der Waals surface area (Å²) in [6.07, 6.45) is 3.27. The lowest BCUT2D eigenvalue weighted by atomic mass is 10.1. The fourth-order valence-electron chi connectivity index (χ4n) is 1.89. The Labute approximate surface area is 109 Å². The largest absolute Gasteiger partial charge is 0.326 e. The first kappa shape index (κ1) is 13.1. The maximum absolute atomic E-state index is 11.3. The second kappa shape index (κ2) is 6.01. The molecule has 0 bridgehead atoms. The van der Waals surface area contributed by atoms with E-state index >= 15 is 0 Å². The highest BCUT2D eigenvalue weighted by Crippen LogP contribution is 2.28. The number of amides is 1. The van der Waals surface area contributed by atoms with Crippen LogP contribution < -0.4 is 10.6 Å². The monoisotopic (exact) mass is 246 g/mol. The molecule has 0 saturated heterocycles. The van der Waals surface area contributed by atoms with E-state index in [0.717, 1.165) is 18.2 Å². The second-order valence-electron chi connectivity index (χ2n) is 5.10. The minimum atomic E-state index is 0.0580. The third kappa shape index (κ3) is 3.84. The number of benzene rings is 1. The van der Waals surface area contributed by atoms with E-state index in [0.29, 0.717) is 12.5 Å². The van der Waals surface area contributed by atoms with Gasteiger partial charge in [-0.25, -0.2) is 0 Å². The van der Waals surface area contributed by atoms with Gasteiger partial charge in [0.15, 0.2) is 0 Å². The van der Waals surface area contributed by atoms with Crippen molar-refractivity contribution in [3.8, 4) is 0 Å². The van der Waals surface area contributed by atoms with Gasteiger partial charge in [0.25, 0.3) is 0 Å². The number of anilines is 1. The minimum absolute atomic E-state index is 0.0580. The third-order valence-electron chi connectivity index (χ3n) is 3.43. The fourth-order valence-corrected chi connectivity index (χ4v) is 1.89. The standard InChI is InChI=1S/C15H22N2O/c1-3-15(18)17-14-8-6-13(7-9-14)11(2)16-10-12-4-5-12/h6-9,11-12,16H,3-5,10H2,1-2H3,(H,17,18)/t11-/m0/s1. The van der Waals surface area contributed by atoms with Crippen molar-refractivity contribution in [3.63, 3.8) is 0 Å². The van der Waals surface area contributed by atoms with Gasteiger partial charge in [0.05, 0.1) is 0 Å². The van der Waals surface area contributed by atoms with E-state index in [1.807, 2.05) is 19.1 Å². The van der Waals surface area contributed by atoms with Crippen molar-refractivity contribution >= 4 is 11.6 Å². The number of hydrogen-bond acceptors (Lipinski definition) is 2. The summed E-state index contributed by atoms with van der Waals surface area (Å²) in [4.78, 5) is 11.3. The maximum Gasteiger partial charge on any atom is 0.224 e. The average Bonchev–Trinajstić information content (AvgIpc) is 3.20. The molecular weight excluding hydrogens is 224 g/mol. The van der Waals surface area contributed by atoms with Crippen molar-refractivity contribution in [2.24, 2.45) is 5.92 Å². The zero-order valence-electron chi connectivity index (χ0n) is 11.2. The van der Waals surface area contributed by atoms with E-state index in [4.69, 9.17) is 0 Å². The molecule has 1 aliphatic carbocycles. The molecule has 1 saturated carbocycles. The van der Waals surface area contributed by atoms with Crippen LogP contribution in [0, 0.1) is 5.92 Å². The predicted octanol–water partition coefficient (Wildman–Crippen LogP) is 3.10. The summed E-state index contributed by atoms with van der Waals surface area (Å²) in [5, 5.41) is 6.40. The Morgan fingerprint density at radius 2 is 2.00 bits per heavy atom. The van der Waals surface area contributed by atoms with Crippen LogP contribution in [-0.4, -0.2) is 12.5 Å². The molecule has 1 fully saturated rings. The van der Waals surface area contributed by atoms with Crippen molar-refractivity contribution in [1.82, 2.24) is 5.32 Å². The van der Waals surface area contributed by atoms with Crippen LogP contribution in [0.5, 0.6) is 0 Å². The van der Waals surface area contributed by atoms with Gasteiger partial charge in [0.2, 0.25) is 5.91 Å². The lowest BCUT2D eigenvalue weighted by Gasteiger charge is -2.14. The zero-order valence-corrected chi connectivity index (χ0v) is 11.2. The molecule has 1 atom stereocenters. The maximum atomic E-state index is 11.3. The van der Waals surface area contributed by atoms with Gasteiger partial charge in [-0.3, -0.25) is 4.79 Å². The smallest absolute Gasteiger partial charge is 0.224 e. The molecule has 2 N–H and O–H groups in total. The molecular formula is C15H22N2O. The molecule has 2 rings (SSSR count). The van der Waals surface area contributed by atoms with E-state index in [1.165, 1.54) is 18.4 Å². The Hall–Kier alpha value is -1.35. The molecule has 0 heterocycles. The van der Waals surface area contributed by atoms with Crippen molar-refractivity contribution < 1.29 is 4.79 Å². The van der Waals surface area contributed by atoms with Crippen LogP contribution in [0.3, 0.4) is 0 Å². The van der Waals surface area contributed by atoms with Gasteiger partial charge in [-0.2, -0.15) is 0 Å². The molecule has 18 heavy (non-hydrogen) atoms. The number of carbonyl (C=O) groups excluding carboxylic acids is 1. The minimum Gasteiger partial charge on any atom is -0.326 e. The Balaban J connectivity index is 1.87. The van der Waals surface area contributed by atoms with Crippen molar-refractivity contribution in [3.05, 3.63) is 29.8 Å². The van der Waals surface area contributed by atoms with Gasteiger partial charge in [-0.15, -0.1) is 0 Å². The van der Waals surface area contributed by atoms with Gasteiger partial charge in [0, 0.05) is 18.2 Å². The lowest BCUT2D eigenvalue weighted by Crippen LogP contribution is -2.21. The molecule has 0 aromatic heterocycles. The molecule has 3 heteroatoms. The Kier molecular flexibility index (Phi) is 4.37. The topological polar surface area (TPSA) is 41.1 Å². The molecule has 1 aromatic carbocycles. The van der Waals surface area contributed by atoms with Gasteiger partial charge in [-0.05, 0) is 49.9 Å². The first-order valence-corrected chi connectivity index (χ1v) is 6.82. The first-order chi connectivity index (χ1) is 8.69. The van der Waals surface area contributed by atoms with Crippen molar-refractivity contribution in [2.45, 2.75) is 39.2 Å². The first-order valence-electron chi connectivity index (χ1n) is 6.82. The molecule has 0 unspecified atom stereocenters. The van der Waals surface area contributed by atoms with Gasteiger partial charge in [-0.1, -0.05) is 19.1 Å². The van der Waals surface area contributed by atoms with Crippen LogP contribution in [0.4, 0.5) is 5.69 Å². The predicted molar refractivity (Wildman–Crippen MR) is 74.5 cm³/mol. The Bertz CT molecular complexity index is 395. The highest BCUT2D eigenvalue weighted by molar-refractivity contribution is 5.90. The summed E-state index contributed by atoms with van der Waals surface area (Å²) in [7, 11) is 0. The van der Waals surface area contributed by atoms with E-state index in [-0.39, 0.29) is 5.91 Å². The summed E-state index contributed by atoms with van der Waals surface area (Å²) in [6, 6.07) is 8.48. The van der Waals surface area contributed by atoms with Crippen LogP contribution in [0.1, 0.15) is 44.7 Å². The molecule has 98 valence electrons. The lowest BCUT2D eigenvalue weighted by molar-refractivity contribution is -0.115. The highest BCUT2D eigenvalue weighted by atomic mass is 16.1. The van der Waals surface area contributed by atoms with Crippen molar-refractivity contribution in [2.75, 3.05) is 11.9 Å². The van der Waals surface area contributed by atoms with Crippen LogP contribution in [0.25, 0.3) is 0 Å². The van der Waals surface area contributed by atoms with Crippen LogP contribution in [-0.2, 0) is 4.79 Å². The number of hydrogen-bond donors (Lipinski definition) is 2. The van der Waals surface area contributed by atoms with Crippen LogP contribution >= 0.6 is 0 Å². The fraction of sp³-hybridized carbons (Fsp3) is 0.533. The van der Waals surface area contributed by atoms with E-state index in [2.05, 4.69) is 29.7 Å². The highest BCUT2D eigenvalue weighted by Gasteiger charge is 2.21. The quantitative estimate of drug-likeness (QED) is 0.810. The van der Waals surface area contributed by atoms with Gasteiger partial charge < -0.3 is 10.6 Å². The molecule has 1 aliphatic rings. The van der Waals surface area contributed by atoms with Gasteiger partial charge in [0.1, 0.15) is 0 Å². The summed E-state index contributed by atoms with van der Waals surface area (Å²) < 4.78 is 0. The Morgan fingerprint density at radius 1 is 1.33 bits per heavy atom. The van der Waals surface area contributed by atoms with E-state index in [1.54, 1.807) is 0 Å². The Morgan fingerprint density at radius 3 is 2.56 bits per heavy atom. The third-order valence-corrected chi connectivity index (χ3v) is 3.43. The summed E-state index contributed by atoms with van der Waals surface area (Å²) in [5.41, 5.74) is 2.14. The summed E-state index contributed by atoms with van der Waals surface area (Å²) in [5.74, 6) is 0.957. The normalized spacial score (nSPS) is 16.3. The van der Waals surface area contributed by atoms with Crippen molar-refractivity contribution in [1.29, 1.82) is 0 Å². The van der Waals surface area contributed by atoms with Gasteiger partial charge >= 0.3 is 0 Å².